The molecular weight excluding hydrogens is 252 g/mol. The maximum Gasteiger partial charge on any atom is 0.121 e. The molecule has 2 N–H and O–H groups in total. The van der Waals surface area contributed by atoms with Crippen molar-refractivity contribution in [1.29, 1.82) is 0 Å². The number of aliphatic hydroxyl groups excluding tert-OH is 1. The molecule has 0 aromatic heterocycles. The molecule has 1 aliphatic rings. The van der Waals surface area contributed by atoms with Crippen LogP contribution in [0.3, 0.4) is 0 Å². The summed E-state index contributed by atoms with van der Waals surface area (Å²) in [5.41, 5.74) is 1.11. The molecule has 1 aromatic rings. The lowest BCUT2D eigenvalue weighted by Crippen LogP contribution is -2.28. The van der Waals surface area contributed by atoms with Crippen LogP contribution in [0.1, 0.15) is 25.7 Å². The number of benzene rings is 1. The predicted octanol–water partition coefficient (Wildman–Crippen LogP) is 2.34. The Hall–Kier alpha value is -1.26. The monoisotopic (exact) mass is 278 g/mol. The molecule has 20 heavy (non-hydrogen) atoms. The summed E-state index contributed by atoms with van der Waals surface area (Å²) in [7, 11) is 4.08. The molecule has 4 heteroatoms. The molecule has 0 saturated heterocycles. The lowest BCUT2D eigenvalue weighted by atomic mass is 9.93. The van der Waals surface area contributed by atoms with E-state index in [-0.39, 0.29) is 6.10 Å². The summed E-state index contributed by atoms with van der Waals surface area (Å²) in [5.74, 6) is 0.910. The Balaban J connectivity index is 1.82. The summed E-state index contributed by atoms with van der Waals surface area (Å²) in [6.45, 7) is 1.62. The van der Waals surface area contributed by atoms with E-state index in [1.807, 2.05) is 26.2 Å². The fraction of sp³-hybridized carbons (Fsp3) is 0.625. The van der Waals surface area contributed by atoms with Crippen molar-refractivity contribution in [2.24, 2.45) is 0 Å². The van der Waals surface area contributed by atoms with Gasteiger partial charge in [0.2, 0.25) is 0 Å². The molecule has 1 aliphatic carbocycles. The topological polar surface area (TPSA) is 44.7 Å². The number of ether oxygens (including phenoxy) is 1. The van der Waals surface area contributed by atoms with E-state index in [0.29, 0.717) is 12.6 Å². The predicted molar refractivity (Wildman–Crippen MR) is 82.4 cm³/mol. The molecule has 0 atom stereocenters. The van der Waals surface area contributed by atoms with Gasteiger partial charge in [0.05, 0.1) is 6.10 Å². The highest BCUT2D eigenvalue weighted by molar-refractivity contribution is 5.48. The van der Waals surface area contributed by atoms with E-state index < -0.39 is 0 Å². The van der Waals surface area contributed by atoms with Crippen molar-refractivity contribution in [3.63, 3.8) is 0 Å². The molecule has 0 amide bonds. The number of anilines is 1. The summed E-state index contributed by atoms with van der Waals surface area (Å²) in [4.78, 5) is 2.11. The first-order valence-corrected chi connectivity index (χ1v) is 7.45. The Morgan fingerprint density at radius 1 is 1.25 bits per heavy atom. The third-order valence-electron chi connectivity index (χ3n) is 3.71. The highest BCUT2D eigenvalue weighted by atomic mass is 16.5. The molecule has 0 heterocycles. The Morgan fingerprint density at radius 2 is 2.00 bits per heavy atom. The molecule has 0 bridgehead atoms. The number of hydrogen-bond acceptors (Lipinski definition) is 4. The van der Waals surface area contributed by atoms with E-state index in [1.165, 1.54) is 0 Å². The van der Waals surface area contributed by atoms with E-state index in [2.05, 4.69) is 22.3 Å². The smallest absolute Gasteiger partial charge is 0.121 e. The van der Waals surface area contributed by atoms with Crippen molar-refractivity contribution in [1.82, 2.24) is 4.90 Å². The van der Waals surface area contributed by atoms with Crippen LogP contribution in [0.15, 0.2) is 24.3 Å². The van der Waals surface area contributed by atoms with Crippen LogP contribution in [0.25, 0.3) is 0 Å². The van der Waals surface area contributed by atoms with Crippen LogP contribution in [0.4, 0.5) is 5.69 Å². The molecule has 112 valence electrons. The van der Waals surface area contributed by atoms with Gasteiger partial charge in [-0.15, -0.1) is 0 Å². The summed E-state index contributed by atoms with van der Waals surface area (Å²) in [5, 5.41) is 13.1. The number of aliphatic hydroxyl groups is 1. The second-order valence-electron chi connectivity index (χ2n) is 5.83. The van der Waals surface area contributed by atoms with Gasteiger partial charge in [-0.25, -0.2) is 0 Å². The van der Waals surface area contributed by atoms with E-state index in [9.17, 15) is 5.11 Å². The van der Waals surface area contributed by atoms with Crippen LogP contribution in [0, 0.1) is 0 Å². The summed E-state index contributed by atoms with van der Waals surface area (Å²) in [6, 6.07) is 8.61. The van der Waals surface area contributed by atoms with Gasteiger partial charge >= 0.3 is 0 Å². The fourth-order valence-electron chi connectivity index (χ4n) is 2.48. The largest absolute Gasteiger partial charge is 0.492 e. The fourth-order valence-corrected chi connectivity index (χ4v) is 2.48. The minimum absolute atomic E-state index is 0.103. The van der Waals surface area contributed by atoms with Crippen molar-refractivity contribution in [2.75, 3.05) is 32.6 Å². The molecule has 2 rings (SSSR count). The highest BCUT2D eigenvalue weighted by Gasteiger charge is 2.18. The lowest BCUT2D eigenvalue weighted by molar-refractivity contribution is 0.126. The van der Waals surface area contributed by atoms with Gasteiger partial charge in [-0.2, -0.15) is 0 Å². The van der Waals surface area contributed by atoms with Gasteiger partial charge in [-0.05, 0) is 51.9 Å². The Bertz CT molecular complexity index is 401. The van der Waals surface area contributed by atoms with Gasteiger partial charge in [-0.3, -0.25) is 0 Å². The van der Waals surface area contributed by atoms with Gasteiger partial charge in [0, 0.05) is 24.3 Å². The van der Waals surface area contributed by atoms with Crippen molar-refractivity contribution < 1.29 is 9.84 Å². The quantitative estimate of drug-likeness (QED) is 0.838. The van der Waals surface area contributed by atoms with E-state index in [1.54, 1.807) is 0 Å². The SMILES string of the molecule is CN(C)CCOc1cccc(NC2CCC(O)CC2)c1. The van der Waals surface area contributed by atoms with Crippen LogP contribution in [0.5, 0.6) is 5.75 Å². The third kappa shape index (κ3) is 5.02. The molecule has 4 nitrogen and oxygen atoms in total. The molecule has 1 fully saturated rings. The normalized spacial score (nSPS) is 22.8. The number of nitrogens with one attached hydrogen (secondary N) is 1. The average Bonchev–Trinajstić information content (AvgIpc) is 2.41. The summed E-state index contributed by atoms with van der Waals surface area (Å²) < 4.78 is 5.74. The summed E-state index contributed by atoms with van der Waals surface area (Å²) >= 11 is 0. The first-order chi connectivity index (χ1) is 9.63. The molecule has 0 aliphatic heterocycles. The zero-order valence-electron chi connectivity index (χ0n) is 12.5. The summed E-state index contributed by atoms with van der Waals surface area (Å²) in [6.07, 6.45) is 3.77. The molecule has 1 aromatic carbocycles. The second-order valence-corrected chi connectivity index (χ2v) is 5.83. The van der Waals surface area contributed by atoms with Crippen LogP contribution in [-0.4, -0.2) is 49.4 Å². The molecule has 0 unspecified atom stereocenters. The maximum absolute atomic E-state index is 9.53. The van der Waals surface area contributed by atoms with Crippen molar-refractivity contribution >= 4 is 5.69 Å². The van der Waals surface area contributed by atoms with Crippen LogP contribution in [0.2, 0.25) is 0 Å². The standard InChI is InChI=1S/C16H26N2O2/c1-18(2)10-11-20-16-5-3-4-14(12-16)17-13-6-8-15(19)9-7-13/h3-5,12-13,15,17,19H,6-11H2,1-2H3. The highest BCUT2D eigenvalue weighted by Crippen LogP contribution is 2.24. The molecule has 0 spiro atoms. The zero-order chi connectivity index (χ0) is 14.4. The van der Waals surface area contributed by atoms with Crippen molar-refractivity contribution in [3.8, 4) is 5.75 Å². The van der Waals surface area contributed by atoms with Crippen molar-refractivity contribution in [3.05, 3.63) is 24.3 Å². The maximum atomic E-state index is 9.53. The van der Waals surface area contributed by atoms with Gasteiger partial charge in [0.15, 0.2) is 0 Å². The molecular formula is C16H26N2O2. The van der Waals surface area contributed by atoms with Crippen LogP contribution in [-0.2, 0) is 0 Å². The van der Waals surface area contributed by atoms with Crippen molar-refractivity contribution in [2.45, 2.75) is 37.8 Å². The number of likely N-dealkylation sites (N-methyl/N-ethyl adjacent to an activating group) is 1. The Labute approximate surface area is 121 Å². The van der Waals surface area contributed by atoms with Gasteiger partial charge in [0.25, 0.3) is 0 Å². The Kier molecular flexibility index (Phi) is 5.68. The second kappa shape index (κ2) is 7.50. The first kappa shape index (κ1) is 15.1. The lowest BCUT2D eigenvalue weighted by Gasteiger charge is -2.27. The number of nitrogens with zero attached hydrogens (tertiary/aromatic N) is 1. The zero-order valence-corrected chi connectivity index (χ0v) is 12.5. The average molecular weight is 278 g/mol. The van der Waals surface area contributed by atoms with Gasteiger partial charge in [0.1, 0.15) is 12.4 Å². The van der Waals surface area contributed by atoms with Crippen LogP contribution >= 0.6 is 0 Å². The van der Waals surface area contributed by atoms with Gasteiger partial charge < -0.3 is 20.1 Å². The minimum atomic E-state index is -0.103. The van der Waals surface area contributed by atoms with E-state index >= 15 is 0 Å². The van der Waals surface area contributed by atoms with E-state index in [4.69, 9.17) is 4.74 Å². The third-order valence-corrected chi connectivity index (χ3v) is 3.71. The molecule has 0 radical (unpaired) electrons. The van der Waals surface area contributed by atoms with Gasteiger partial charge in [-0.1, -0.05) is 6.07 Å². The molecule has 1 saturated carbocycles. The number of rotatable bonds is 6. The number of hydrogen-bond donors (Lipinski definition) is 2. The first-order valence-electron chi connectivity index (χ1n) is 7.45. The Morgan fingerprint density at radius 3 is 2.70 bits per heavy atom. The van der Waals surface area contributed by atoms with E-state index in [0.717, 1.165) is 43.7 Å². The minimum Gasteiger partial charge on any atom is -0.492 e. The van der Waals surface area contributed by atoms with Crippen LogP contribution < -0.4 is 10.1 Å².